The molecule has 1 aromatic carbocycles. The summed E-state index contributed by atoms with van der Waals surface area (Å²) >= 11 is 0. The van der Waals surface area contributed by atoms with Crippen LogP contribution in [0.3, 0.4) is 0 Å². The highest BCUT2D eigenvalue weighted by Gasteiger charge is 2.27. The van der Waals surface area contributed by atoms with Crippen molar-refractivity contribution in [2.75, 3.05) is 46.6 Å². The number of rotatable bonds is 7. The van der Waals surface area contributed by atoms with Crippen molar-refractivity contribution >= 4 is 26.8 Å². The monoisotopic (exact) mass is 460 g/mol. The van der Waals surface area contributed by atoms with Gasteiger partial charge >= 0.3 is 0 Å². The van der Waals surface area contributed by atoms with Crippen molar-refractivity contribution in [3.05, 3.63) is 42.1 Å². The van der Waals surface area contributed by atoms with E-state index in [0.717, 1.165) is 0 Å². The second kappa shape index (κ2) is 9.25. The highest BCUT2D eigenvalue weighted by atomic mass is 32.2. The van der Waals surface area contributed by atoms with Gasteiger partial charge in [0.05, 0.1) is 31.1 Å². The number of pyridine rings is 1. The Balaban J connectivity index is 1.65. The molecule has 2 aromatic heterocycles. The van der Waals surface area contributed by atoms with E-state index in [1.54, 1.807) is 31.4 Å². The lowest BCUT2D eigenvalue weighted by Crippen LogP contribution is -2.40. The number of amides is 1. The molecule has 10 nitrogen and oxygen atoms in total. The average molecular weight is 461 g/mol. The first kappa shape index (κ1) is 22.2. The number of sulfonamides is 1. The summed E-state index contributed by atoms with van der Waals surface area (Å²) in [6.45, 7) is 2.07. The van der Waals surface area contributed by atoms with Gasteiger partial charge in [-0.25, -0.2) is 8.42 Å². The van der Waals surface area contributed by atoms with E-state index in [2.05, 4.69) is 15.3 Å². The number of fused-ring (bicyclic) bond motifs is 1. The molecule has 0 saturated carbocycles. The highest BCUT2D eigenvalue weighted by Crippen LogP contribution is 2.36. The third-order valence-corrected chi connectivity index (χ3v) is 7.12. The van der Waals surface area contributed by atoms with Crippen molar-refractivity contribution in [2.45, 2.75) is 4.90 Å². The van der Waals surface area contributed by atoms with Crippen LogP contribution >= 0.6 is 0 Å². The SMILES string of the molecule is COCCNC(=O)c1ccc2[nH]c(O)c(-c3ccc(S(=O)(=O)N4CCOCC4)cn3)c2c1. The topological polar surface area (TPSA) is 134 Å². The van der Waals surface area contributed by atoms with Crippen LogP contribution in [0.4, 0.5) is 0 Å². The maximum Gasteiger partial charge on any atom is 0.251 e. The van der Waals surface area contributed by atoms with E-state index in [-0.39, 0.29) is 16.7 Å². The first-order valence-corrected chi connectivity index (χ1v) is 11.5. The quantitative estimate of drug-likeness (QED) is 0.453. The molecule has 0 radical (unpaired) electrons. The lowest BCUT2D eigenvalue weighted by Gasteiger charge is -2.25. The van der Waals surface area contributed by atoms with Gasteiger partial charge in [0.1, 0.15) is 4.90 Å². The van der Waals surface area contributed by atoms with E-state index in [0.29, 0.717) is 67.2 Å². The Bertz CT molecular complexity index is 1220. The van der Waals surface area contributed by atoms with Gasteiger partial charge in [0.15, 0.2) is 5.88 Å². The summed E-state index contributed by atoms with van der Waals surface area (Å²) in [6.07, 6.45) is 1.28. The maximum absolute atomic E-state index is 12.8. The Morgan fingerprint density at radius 3 is 2.75 bits per heavy atom. The van der Waals surface area contributed by atoms with Gasteiger partial charge in [0.2, 0.25) is 10.0 Å². The highest BCUT2D eigenvalue weighted by molar-refractivity contribution is 7.89. The van der Waals surface area contributed by atoms with E-state index in [4.69, 9.17) is 9.47 Å². The Morgan fingerprint density at radius 1 is 1.28 bits per heavy atom. The van der Waals surface area contributed by atoms with Crippen molar-refractivity contribution in [2.24, 2.45) is 0 Å². The van der Waals surface area contributed by atoms with Gasteiger partial charge in [0.25, 0.3) is 5.91 Å². The molecule has 32 heavy (non-hydrogen) atoms. The Labute approximate surface area is 185 Å². The van der Waals surface area contributed by atoms with Crippen molar-refractivity contribution in [3.63, 3.8) is 0 Å². The summed E-state index contributed by atoms with van der Waals surface area (Å²) < 4.78 is 37.1. The number of hydrogen-bond acceptors (Lipinski definition) is 7. The number of ether oxygens (including phenoxy) is 2. The molecule has 0 spiro atoms. The molecule has 3 aromatic rings. The molecule has 0 unspecified atom stereocenters. The van der Waals surface area contributed by atoms with Crippen molar-refractivity contribution in [1.29, 1.82) is 0 Å². The van der Waals surface area contributed by atoms with Gasteiger partial charge in [-0.2, -0.15) is 4.31 Å². The number of nitrogens with one attached hydrogen (secondary N) is 2. The number of morpholine rings is 1. The van der Waals surface area contributed by atoms with Gasteiger partial charge in [-0.05, 0) is 30.3 Å². The minimum Gasteiger partial charge on any atom is -0.494 e. The summed E-state index contributed by atoms with van der Waals surface area (Å²) in [5.41, 5.74) is 1.81. The van der Waals surface area contributed by atoms with Gasteiger partial charge < -0.3 is 24.9 Å². The van der Waals surface area contributed by atoms with E-state index in [1.165, 1.54) is 16.6 Å². The average Bonchev–Trinajstić information content (AvgIpc) is 3.14. The van der Waals surface area contributed by atoms with Crippen LogP contribution in [0.1, 0.15) is 10.4 Å². The summed E-state index contributed by atoms with van der Waals surface area (Å²) in [5, 5.41) is 13.8. The number of carbonyl (C=O) groups is 1. The van der Waals surface area contributed by atoms with Crippen LogP contribution < -0.4 is 5.32 Å². The molecule has 0 atom stereocenters. The van der Waals surface area contributed by atoms with Crippen LogP contribution in [0.25, 0.3) is 22.2 Å². The molecule has 0 aliphatic carbocycles. The van der Waals surface area contributed by atoms with Crippen LogP contribution in [0.15, 0.2) is 41.4 Å². The van der Waals surface area contributed by atoms with Gasteiger partial charge in [0, 0.05) is 49.4 Å². The second-order valence-corrected chi connectivity index (χ2v) is 9.19. The smallest absolute Gasteiger partial charge is 0.251 e. The lowest BCUT2D eigenvalue weighted by atomic mass is 10.1. The Morgan fingerprint density at radius 2 is 2.06 bits per heavy atom. The number of hydrogen-bond donors (Lipinski definition) is 3. The molecule has 3 N–H and O–H groups in total. The number of carbonyl (C=O) groups excluding carboxylic acids is 1. The number of aromatic nitrogens is 2. The van der Waals surface area contributed by atoms with Crippen molar-refractivity contribution < 1.29 is 27.8 Å². The summed E-state index contributed by atoms with van der Waals surface area (Å²) in [7, 11) is -2.12. The number of benzene rings is 1. The van der Waals surface area contributed by atoms with Crippen molar-refractivity contribution in [1.82, 2.24) is 19.6 Å². The predicted molar refractivity (Wildman–Crippen MR) is 117 cm³/mol. The summed E-state index contributed by atoms with van der Waals surface area (Å²) in [5.74, 6) is -0.385. The third-order valence-electron chi connectivity index (χ3n) is 5.23. The molecular formula is C21H24N4O6S. The van der Waals surface area contributed by atoms with Crippen LogP contribution in [0.2, 0.25) is 0 Å². The number of H-pyrrole nitrogens is 1. The van der Waals surface area contributed by atoms with E-state index < -0.39 is 10.0 Å². The predicted octanol–water partition coefficient (Wildman–Crippen LogP) is 1.33. The minimum absolute atomic E-state index is 0.0701. The molecule has 0 bridgehead atoms. The fourth-order valence-electron chi connectivity index (χ4n) is 3.56. The van der Waals surface area contributed by atoms with Crippen LogP contribution in [0.5, 0.6) is 5.88 Å². The molecule has 1 amide bonds. The van der Waals surface area contributed by atoms with Crippen molar-refractivity contribution in [3.8, 4) is 17.1 Å². The zero-order chi connectivity index (χ0) is 22.7. The van der Waals surface area contributed by atoms with E-state index in [1.807, 2.05) is 0 Å². The molecule has 1 saturated heterocycles. The van der Waals surface area contributed by atoms with Crippen LogP contribution in [-0.4, -0.2) is 80.3 Å². The number of nitrogens with zero attached hydrogens (tertiary/aromatic N) is 2. The molecular weight excluding hydrogens is 436 g/mol. The first-order valence-electron chi connectivity index (χ1n) is 10.1. The van der Waals surface area contributed by atoms with E-state index >= 15 is 0 Å². The molecule has 11 heteroatoms. The number of aromatic amines is 1. The molecule has 1 aliphatic heterocycles. The third kappa shape index (κ3) is 4.32. The standard InChI is InChI=1S/C21H24N4O6S/c1-30-9-6-22-20(26)14-2-4-17-16(12-14)19(21(27)24-17)18-5-3-15(13-23-18)32(28,29)25-7-10-31-11-8-25/h2-5,12-13,24,27H,6-11H2,1H3,(H,22,26). The first-order chi connectivity index (χ1) is 15.4. The fourth-order valence-corrected chi connectivity index (χ4v) is 4.92. The molecule has 1 aliphatic rings. The maximum atomic E-state index is 12.8. The molecule has 4 rings (SSSR count). The van der Waals surface area contributed by atoms with E-state index in [9.17, 15) is 18.3 Å². The lowest BCUT2D eigenvalue weighted by molar-refractivity contribution is 0.0730. The number of methoxy groups -OCH3 is 1. The van der Waals surface area contributed by atoms with Crippen LogP contribution in [0, 0.1) is 0 Å². The largest absolute Gasteiger partial charge is 0.494 e. The zero-order valence-electron chi connectivity index (χ0n) is 17.5. The normalized spacial score (nSPS) is 15.2. The summed E-state index contributed by atoms with van der Waals surface area (Å²) in [4.78, 5) is 19.6. The fraction of sp³-hybridized carbons (Fsp3) is 0.333. The summed E-state index contributed by atoms with van der Waals surface area (Å²) in [6, 6.07) is 8.01. The Hall–Kier alpha value is -2.99. The van der Waals surface area contributed by atoms with Gasteiger partial charge in [-0.15, -0.1) is 0 Å². The van der Waals surface area contributed by atoms with Crippen LogP contribution in [-0.2, 0) is 19.5 Å². The Kier molecular flexibility index (Phi) is 6.42. The second-order valence-electron chi connectivity index (χ2n) is 7.25. The molecule has 170 valence electrons. The zero-order valence-corrected chi connectivity index (χ0v) is 18.3. The molecule has 1 fully saturated rings. The van der Waals surface area contributed by atoms with Gasteiger partial charge in [-0.1, -0.05) is 0 Å². The minimum atomic E-state index is -3.67. The molecule has 3 heterocycles. The van der Waals surface area contributed by atoms with Gasteiger partial charge in [-0.3, -0.25) is 9.78 Å². The number of aromatic hydroxyl groups is 1.